The van der Waals surface area contributed by atoms with Crippen molar-refractivity contribution < 1.29 is 18.3 Å². The molecule has 1 saturated heterocycles. The van der Waals surface area contributed by atoms with Crippen molar-refractivity contribution in [1.82, 2.24) is 0 Å². The topological polar surface area (TPSA) is 63.6 Å². The van der Waals surface area contributed by atoms with Crippen LogP contribution in [0.5, 0.6) is 5.75 Å². The highest BCUT2D eigenvalue weighted by molar-refractivity contribution is 7.91. The minimum Gasteiger partial charge on any atom is -0.490 e. The standard InChI is InChI=1S/C15H20O4S/c16-15(9-11-7-8-20(17,18)10-11)12-1-3-13(4-2-12)19-14-5-6-14/h1-4,11,14-16H,5-10H2. The van der Waals surface area contributed by atoms with Crippen LogP contribution in [0.2, 0.25) is 0 Å². The van der Waals surface area contributed by atoms with Crippen LogP contribution in [0.15, 0.2) is 24.3 Å². The van der Waals surface area contributed by atoms with Crippen molar-refractivity contribution in [3.8, 4) is 5.75 Å². The molecule has 1 heterocycles. The lowest BCUT2D eigenvalue weighted by Gasteiger charge is -2.15. The first-order chi connectivity index (χ1) is 9.52. The number of ether oxygens (including phenoxy) is 1. The van der Waals surface area contributed by atoms with Gasteiger partial charge in [0.1, 0.15) is 5.75 Å². The molecule has 1 N–H and O–H groups in total. The number of hydrogen-bond donors (Lipinski definition) is 1. The average molecular weight is 296 g/mol. The van der Waals surface area contributed by atoms with E-state index in [9.17, 15) is 13.5 Å². The predicted molar refractivity (Wildman–Crippen MR) is 76.4 cm³/mol. The summed E-state index contributed by atoms with van der Waals surface area (Å²) in [5, 5.41) is 10.2. The highest BCUT2D eigenvalue weighted by Crippen LogP contribution is 2.31. The van der Waals surface area contributed by atoms with Gasteiger partial charge >= 0.3 is 0 Å². The van der Waals surface area contributed by atoms with Crippen molar-refractivity contribution in [3.63, 3.8) is 0 Å². The summed E-state index contributed by atoms with van der Waals surface area (Å²) in [4.78, 5) is 0. The Balaban J connectivity index is 1.57. The van der Waals surface area contributed by atoms with Crippen LogP contribution >= 0.6 is 0 Å². The number of aliphatic hydroxyl groups excluding tert-OH is 1. The Hall–Kier alpha value is -1.07. The molecule has 2 fully saturated rings. The second-order valence-corrected chi connectivity index (χ2v) is 8.14. The number of hydrogen-bond acceptors (Lipinski definition) is 4. The minimum absolute atomic E-state index is 0.0809. The Morgan fingerprint density at radius 1 is 1.20 bits per heavy atom. The second-order valence-electron chi connectivity index (χ2n) is 5.91. The average Bonchev–Trinajstić information content (AvgIpc) is 3.14. The first kappa shape index (κ1) is 13.9. The highest BCUT2D eigenvalue weighted by Gasteiger charge is 2.29. The third-order valence-corrected chi connectivity index (χ3v) is 5.81. The van der Waals surface area contributed by atoms with Gasteiger partial charge < -0.3 is 9.84 Å². The molecule has 4 nitrogen and oxygen atoms in total. The molecule has 1 saturated carbocycles. The predicted octanol–water partition coefficient (Wildman–Crippen LogP) is 2.09. The summed E-state index contributed by atoms with van der Waals surface area (Å²) in [5.41, 5.74) is 0.831. The summed E-state index contributed by atoms with van der Waals surface area (Å²) in [6.45, 7) is 0. The summed E-state index contributed by atoms with van der Waals surface area (Å²) in [7, 11) is -2.87. The number of benzene rings is 1. The molecule has 3 rings (SSSR count). The van der Waals surface area contributed by atoms with Crippen molar-refractivity contribution in [3.05, 3.63) is 29.8 Å². The maximum absolute atomic E-state index is 11.4. The van der Waals surface area contributed by atoms with Gasteiger partial charge in [0.15, 0.2) is 9.84 Å². The van der Waals surface area contributed by atoms with Gasteiger partial charge in [-0.05, 0) is 49.3 Å². The molecule has 1 aliphatic heterocycles. The molecule has 0 spiro atoms. The van der Waals surface area contributed by atoms with Gasteiger partial charge in [0, 0.05) is 0 Å². The summed E-state index contributed by atoms with van der Waals surface area (Å²) < 4.78 is 28.5. The van der Waals surface area contributed by atoms with Gasteiger partial charge in [-0.15, -0.1) is 0 Å². The highest BCUT2D eigenvalue weighted by atomic mass is 32.2. The molecule has 5 heteroatoms. The van der Waals surface area contributed by atoms with Crippen molar-refractivity contribution in [2.24, 2.45) is 5.92 Å². The van der Waals surface area contributed by atoms with Gasteiger partial charge in [-0.1, -0.05) is 12.1 Å². The van der Waals surface area contributed by atoms with E-state index in [1.165, 1.54) is 0 Å². The Morgan fingerprint density at radius 3 is 2.45 bits per heavy atom. The van der Waals surface area contributed by atoms with E-state index < -0.39 is 15.9 Å². The molecule has 2 aliphatic rings. The van der Waals surface area contributed by atoms with Gasteiger partial charge in [-0.25, -0.2) is 8.42 Å². The maximum Gasteiger partial charge on any atom is 0.150 e. The normalized spacial score (nSPS) is 26.4. The summed E-state index contributed by atoms with van der Waals surface area (Å²) in [6, 6.07) is 7.49. The Kier molecular flexibility index (Phi) is 3.73. The first-order valence-corrected chi connectivity index (χ1v) is 8.99. The Morgan fingerprint density at radius 2 is 1.90 bits per heavy atom. The lowest BCUT2D eigenvalue weighted by atomic mass is 9.96. The molecule has 1 aromatic carbocycles. The van der Waals surface area contributed by atoms with E-state index in [4.69, 9.17) is 4.74 Å². The van der Waals surface area contributed by atoms with Crippen LogP contribution in [0.3, 0.4) is 0 Å². The zero-order valence-corrected chi connectivity index (χ0v) is 12.2. The molecular weight excluding hydrogens is 276 g/mol. The van der Waals surface area contributed by atoms with Crippen LogP contribution in [0, 0.1) is 5.92 Å². The largest absolute Gasteiger partial charge is 0.490 e. The lowest BCUT2D eigenvalue weighted by Crippen LogP contribution is -2.09. The number of aliphatic hydroxyl groups is 1. The van der Waals surface area contributed by atoms with E-state index in [2.05, 4.69) is 0 Å². The molecule has 0 bridgehead atoms. The van der Waals surface area contributed by atoms with Crippen molar-refractivity contribution in [2.75, 3.05) is 11.5 Å². The number of sulfone groups is 1. The van der Waals surface area contributed by atoms with Gasteiger partial charge in [0.25, 0.3) is 0 Å². The summed E-state index contributed by atoms with van der Waals surface area (Å²) in [6.07, 6.45) is 3.21. The fourth-order valence-corrected chi connectivity index (χ4v) is 4.54. The van der Waals surface area contributed by atoms with Crippen LogP contribution in [0.4, 0.5) is 0 Å². The molecule has 2 atom stereocenters. The molecule has 1 aliphatic carbocycles. The first-order valence-electron chi connectivity index (χ1n) is 7.17. The summed E-state index contributed by atoms with van der Waals surface area (Å²) >= 11 is 0. The monoisotopic (exact) mass is 296 g/mol. The Bertz CT molecular complexity index is 560. The number of rotatable bonds is 5. The zero-order chi connectivity index (χ0) is 14.2. The van der Waals surface area contributed by atoms with E-state index in [0.717, 1.165) is 24.2 Å². The zero-order valence-electron chi connectivity index (χ0n) is 11.4. The molecule has 110 valence electrons. The summed E-state index contributed by atoms with van der Waals surface area (Å²) in [5.74, 6) is 1.40. The van der Waals surface area contributed by atoms with Crippen molar-refractivity contribution in [2.45, 2.75) is 37.9 Å². The SMILES string of the molecule is O=S1(=O)CCC(CC(O)c2ccc(OC3CC3)cc2)C1. The van der Waals surface area contributed by atoms with Crippen molar-refractivity contribution >= 4 is 9.84 Å². The van der Waals surface area contributed by atoms with E-state index >= 15 is 0 Å². The smallest absolute Gasteiger partial charge is 0.150 e. The fraction of sp³-hybridized carbons (Fsp3) is 0.600. The molecule has 1 aromatic rings. The van der Waals surface area contributed by atoms with Gasteiger partial charge in [0.05, 0.1) is 23.7 Å². The van der Waals surface area contributed by atoms with Gasteiger partial charge in [-0.2, -0.15) is 0 Å². The van der Waals surface area contributed by atoms with E-state index in [1.807, 2.05) is 24.3 Å². The third kappa shape index (κ3) is 3.52. The van der Waals surface area contributed by atoms with Gasteiger partial charge in [0.2, 0.25) is 0 Å². The van der Waals surface area contributed by atoms with Crippen molar-refractivity contribution in [1.29, 1.82) is 0 Å². The molecule has 0 radical (unpaired) electrons. The molecular formula is C15H20O4S. The molecule has 20 heavy (non-hydrogen) atoms. The van der Waals surface area contributed by atoms with Crippen LogP contribution < -0.4 is 4.74 Å². The fourth-order valence-electron chi connectivity index (χ4n) is 2.66. The van der Waals surface area contributed by atoms with Crippen LogP contribution in [0.1, 0.15) is 37.4 Å². The van der Waals surface area contributed by atoms with E-state index in [1.54, 1.807) is 0 Å². The van der Waals surface area contributed by atoms with Crippen LogP contribution in [-0.4, -0.2) is 31.1 Å². The molecule has 0 aromatic heterocycles. The van der Waals surface area contributed by atoms with Gasteiger partial charge in [-0.3, -0.25) is 0 Å². The van der Waals surface area contributed by atoms with E-state index in [-0.39, 0.29) is 17.4 Å². The quantitative estimate of drug-likeness (QED) is 0.903. The lowest BCUT2D eigenvalue weighted by molar-refractivity contribution is 0.148. The van der Waals surface area contributed by atoms with E-state index in [0.29, 0.717) is 18.9 Å². The molecule has 2 unspecified atom stereocenters. The van der Waals surface area contributed by atoms with Crippen LogP contribution in [0.25, 0.3) is 0 Å². The molecule has 0 amide bonds. The Labute approximate surface area is 119 Å². The van der Waals surface area contributed by atoms with Crippen LogP contribution in [-0.2, 0) is 9.84 Å². The maximum atomic E-state index is 11.4. The second kappa shape index (κ2) is 5.37. The minimum atomic E-state index is -2.87. The third-order valence-electron chi connectivity index (χ3n) is 3.98.